The molecule has 0 aliphatic carbocycles. The predicted octanol–water partition coefficient (Wildman–Crippen LogP) is 3.48. The molecule has 1 fully saturated rings. The highest BCUT2D eigenvalue weighted by atomic mass is 19.4. The van der Waals surface area contributed by atoms with Crippen LogP contribution in [0.1, 0.15) is 25.4 Å². The Morgan fingerprint density at radius 2 is 1.87 bits per heavy atom. The monoisotopic (exact) mass is 431 g/mol. The topological polar surface area (TPSA) is 63.0 Å². The van der Waals surface area contributed by atoms with Gasteiger partial charge in [0.25, 0.3) is 0 Å². The molecule has 3 aromatic rings. The number of imidazole rings is 1. The molecule has 7 nitrogen and oxygen atoms in total. The summed E-state index contributed by atoms with van der Waals surface area (Å²) in [5, 5.41) is 0. The molecule has 1 aliphatic heterocycles. The van der Waals surface area contributed by atoms with Gasteiger partial charge in [-0.05, 0) is 26.0 Å². The molecule has 0 N–H and O–H groups in total. The summed E-state index contributed by atoms with van der Waals surface area (Å²) in [7, 11) is 0. The third kappa shape index (κ3) is 4.68. The van der Waals surface area contributed by atoms with E-state index in [4.69, 9.17) is 0 Å². The minimum absolute atomic E-state index is 0.0484. The molecular weight excluding hydrogens is 407 g/mol. The minimum Gasteiger partial charge on any atom is -0.354 e. The molecule has 0 unspecified atom stereocenters. The average Bonchev–Trinajstić information content (AvgIpc) is 3.22. The van der Waals surface area contributed by atoms with Crippen LogP contribution in [0.15, 0.2) is 43.0 Å². The first-order valence-corrected chi connectivity index (χ1v) is 10.2. The summed E-state index contributed by atoms with van der Waals surface area (Å²) in [6.45, 7) is 7.53. The van der Waals surface area contributed by atoms with Gasteiger partial charge in [0.2, 0.25) is 0 Å². The van der Waals surface area contributed by atoms with Crippen LogP contribution in [0.25, 0.3) is 11.4 Å². The molecule has 0 amide bonds. The predicted molar refractivity (Wildman–Crippen MR) is 110 cm³/mol. The van der Waals surface area contributed by atoms with E-state index in [1.165, 1.54) is 12.4 Å². The third-order valence-electron chi connectivity index (χ3n) is 5.52. The summed E-state index contributed by atoms with van der Waals surface area (Å²) in [5.41, 5.74) is -0.440. The largest absolute Gasteiger partial charge is 0.433 e. The van der Waals surface area contributed by atoms with Crippen LogP contribution in [0.3, 0.4) is 0 Å². The Labute approximate surface area is 178 Å². The van der Waals surface area contributed by atoms with E-state index in [0.717, 1.165) is 18.4 Å². The number of hydrogen-bond acceptors (Lipinski definition) is 6. The summed E-state index contributed by atoms with van der Waals surface area (Å²) in [6, 6.07) is 4.38. The molecule has 0 radical (unpaired) electrons. The van der Waals surface area contributed by atoms with Crippen molar-refractivity contribution in [3.63, 3.8) is 0 Å². The average molecular weight is 431 g/mol. The minimum atomic E-state index is -4.55. The number of aromatic nitrogens is 5. The van der Waals surface area contributed by atoms with Crippen LogP contribution in [0.5, 0.6) is 0 Å². The zero-order valence-corrected chi connectivity index (χ0v) is 17.4. The van der Waals surface area contributed by atoms with Crippen LogP contribution >= 0.6 is 0 Å². The fourth-order valence-electron chi connectivity index (χ4n) is 3.77. The normalized spacial score (nSPS) is 17.8. The van der Waals surface area contributed by atoms with Crippen LogP contribution in [0.2, 0.25) is 0 Å². The maximum atomic E-state index is 13.5. The molecule has 0 saturated carbocycles. The summed E-state index contributed by atoms with van der Waals surface area (Å²) in [4.78, 5) is 20.8. The van der Waals surface area contributed by atoms with Crippen molar-refractivity contribution in [1.82, 2.24) is 29.4 Å². The van der Waals surface area contributed by atoms with Crippen molar-refractivity contribution in [2.24, 2.45) is 0 Å². The van der Waals surface area contributed by atoms with Crippen LogP contribution in [0, 0.1) is 0 Å². The van der Waals surface area contributed by atoms with Gasteiger partial charge in [-0.3, -0.25) is 9.88 Å². The molecule has 0 spiro atoms. The smallest absolute Gasteiger partial charge is 0.354 e. The lowest BCUT2D eigenvalue weighted by Gasteiger charge is -2.40. The van der Waals surface area contributed by atoms with E-state index < -0.39 is 11.9 Å². The number of pyridine rings is 1. The number of aryl methyl sites for hydroxylation is 1. The summed E-state index contributed by atoms with van der Waals surface area (Å²) >= 11 is 0. The quantitative estimate of drug-likeness (QED) is 0.616. The molecule has 1 atom stereocenters. The molecular formula is C21H24F3N7. The molecule has 31 heavy (non-hydrogen) atoms. The van der Waals surface area contributed by atoms with E-state index in [0.29, 0.717) is 31.7 Å². The second-order valence-corrected chi connectivity index (χ2v) is 7.56. The Balaban J connectivity index is 1.57. The molecule has 1 saturated heterocycles. The van der Waals surface area contributed by atoms with Crippen molar-refractivity contribution in [1.29, 1.82) is 0 Å². The molecule has 3 aromatic heterocycles. The molecule has 1 aliphatic rings. The fourth-order valence-corrected chi connectivity index (χ4v) is 3.77. The number of halogens is 3. The molecule has 164 valence electrons. The molecule has 10 heteroatoms. The zero-order valence-electron chi connectivity index (χ0n) is 17.4. The van der Waals surface area contributed by atoms with Gasteiger partial charge in [0.15, 0.2) is 11.5 Å². The fraction of sp³-hybridized carbons (Fsp3) is 0.429. The van der Waals surface area contributed by atoms with E-state index in [1.807, 2.05) is 11.1 Å². The lowest BCUT2D eigenvalue weighted by atomic mass is 10.1. The Morgan fingerprint density at radius 3 is 2.55 bits per heavy atom. The molecule has 0 aromatic carbocycles. The highest BCUT2D eigenvalue weighted by Gasteiger charge is 2.35. The van der Waals surface area contributed by atoms with Crippen molar-refractivity contribution in [2.75, 3.05) is 24.5 Å². The first-order valence-electron chi connectivity index (χ1n) is 10.2. The Bertz CT molecular complexity index is 1020. The van der Waals surface area contributed by atoms with Crippen LogP contribution in [-0.2, 0) is 19.3 Å². The summed E-state index contributed by atoms with van der Waals surface area (Å²) in [5.74, 6) is 1.33. The van der Waals surface area contributed by atoms with Crippen molar-refractivity contribution in [3.8, 4) is 11.4 Å². The highest BCUT2D eigenvalue weighted by Crippen LogP contribution is 2.32. The first-order chi connectivity index (χ1) is 14.8. The van der Waals surface area contributed by atoms with Gasteiger partial charge < -0.3 is 9.47 Å². The number of anilines is 1. The van der Waals surface area contributed by atoms with E-state index in [1.54, 1.807) is 18.3 Å². The molecule has 4 rings (SSSR count). The van der Waals surface area contributed by atoms with Crippen molar-refractivity contribution < 1.29 is 13.2 Å². The van der Waals surface area contributed by atoms with E-state index in [2.05, 4.69) is 43.3 Å². The number of rotatable bonds is 5. The van der Waals surface area contributed by atoms with Gasteiger partial charge in [-0.1, -0.05) is 0 Å². The molecule has 0 bridgehead atoms. The molecule has 4 heterocycles. The van der Waals surface area contributed by atoms with Crippen LogP contribution in [-0.4, -0.2) is 55.1 Å². The summed E-state index contributed by atoms with van der Waals surface area (Å²) in [6.07, 6.45) is 2.22. The Hall–Kier alpha value is -3.01. The second kappa shape index (κ2) is 8.62. The van der Waals surface area contributed by atoms with E-state index in [9.17, 15) is 13.2 Å². The van der Waals surface area contributed by atoms with Gasteiger partial charge in [0, 0.05) is 68.6 Å². The maximum Gasteiger partial charge on any atom is 0.433 e. The van der Waals surface area contributed by atoms with Gasteiger partial charge in [-0.2, -0.15) is 13.2 Å². The maximum absolute atomic E-state index is 13.5. The van der Waals surface area contributed by atoms with Crippen molar-refractivity contribution in [2.45, 2.75) is 39.2 Å². The number of alkyl halides is 3. The number of nitrogens with zero attached hydrogens (tertiary/aromatic N) is 7. The summed E-state index contributed by atoms with van der Waals surface area (Å²) < 4.78 is 42.6. The van der Waals surface area contributed by atoms with Crippen LogP contribution < -0.4 is 4.90 Å². The van der Waals surface area contributed by atoms with Crippen molar-refractivity contribution >= 4 is 5.82 Å². The van der Waals surface area contributed by atoms with E-state index in [-0.39, 0.29) is 17.7 Å². The lowest BCUT2D eigenvalue weighted by Crippen LogP contribution is -2.52. The van der Waals surface area contributed by atoms with Gasteiger partial charge in [-0.25, -0.2) is 15.0 Å². The lowest BCUT2D eigenvalue weighted by molar-refractivity contribution is -0.141. The Morgan fingerprint density at radius 1 is 1.10 bits per heavy atom. The standard InChI is InChI=1S/C21H24F3N7/c1-3-29-9-8-26-19(29)14-30-10-11-31(13-15(30)2)18-12-17(21(22,23)24)27-20(28-18)16-4-6-25-7-5-16/h4-9,12,15H,3,10-11,13-14H2,1-2H3/t15-/m0/s1. The number of piperazine rings is 1. The van der Waals surface area contributed by atoms with Gasteiger partial charge in [0.1, 0.15) is 11.6 Å². The van der Waals surface area contributed by atoms with Gasteiger partial charge in [0.05, 0.1) is 6.54 Å². The Kier molecular flexibility index (Phi) is 5.90. The SMILES string of the molecule is CCn1ccnc1CN1CCN(c2cc(C(F)(F)F)nc(-c3ccncc3)n2)C[C@@H]1C. The van der Waals surface area contributed by atoms with Crippen molar-refractivity contribution in [3.05, 3.63) is 54.5 Å². The van der Waals surface area contributed by atoms with Gasteiger partial charge >= 0.3 is 6.18 Å². The highest BCUT2D eigenvalue weighted by molar-refractivity contribution is 5.57. The second-order valence-electron chi connectivity index (χ2n) is 7.56. The first kappa shape index (κ1) is 21.2. The zero-order chi connectivity index (χ0) is 22.0. The third-order valence-corrected chi connectivity index (χ3v) is 5.52. The van der Waals surface area contributed by atoms with Crippen LogP contribution in [0.4, 0.5) is 19.0 Å². The van der Waals surface area contributed by atoms with E-state index >= 15 is 0 Å². The number of hydrogen-bond donors (Lipinski definition) is 0. The van der Waals surface area contributed by atoms with Gasteiger partial charge in [-0.15, -0.1) is 0 Å².